The van der Waals surface area contributed by atoms with Crippen molar-refractivity contribution in [2.45, 2.75) is 0 Å². The highest BCUT2D eigenvalue weighted by molar-refractivity contribution is 6.39. The molecular weight excluding hydrogens is 397 g/mol. The van der Waals surface area contributed by atoms with Crippen molar-refractivity contribution < 1.29 is 9.47 Å². The first-order valence-corrected chi connectivity index (χ1v) is 10.00. The maximum absolute atomic E-state index is 6.32. The Labute approximate surface area is 174 Å². The first-order chi connectivity index (χ1) is 13.7. The summed E-state index contributed by atoms with van der Waals surface area (Å²) in [5.74, 6) is 0.719. The first kappa shape index (κ1) is 19.3. The summed E-state index contributed by atoms with van der Waals surface area (Å²) < 4.78 is 13.1. The monoisotopic (exact) mass is 417 g/mol. The number of halogens is 2. The van der Waals surface area contributed by atoms with Crippen molar-refractivity contribution >= 4 is 23.2 Å². The number of rotatable bonds is 6. The number of nitrogens with zero attached hydrogens (tertiary/aromatic N) is 3. The summed E-state index contributed by atoms with van der Waals surface area (Å²) in [6.07, 6.45) is 1.74. The van der Waals surface area contributed by atoms with Crippen LogP contribution in [0.1, 0.15) is 0 Å². The van der Waals surface area contributed by atoms with Crippen LogP contribution in [-0.2, 0) is 4.74 Å². The van der Waals surface area contributed by atoms with Gasteiger partial charge in [0, 0.05) is 41.3 Å². The molecule has 3 aromatic rings. The van der Waals surface area contributed by atoms with E-state index in [9.17, 15) is 0 Å². The number of hydrogen-bond donors (Lipinski definition) is 0. The molecule has 4 rings (SSSR count). The maximum Gasteiger partial charge on any atom is 0.216 e. The molecule has 2 aromatic carbocycles. The normalized spacial score (nSPS) is 14.9. The van der Waals surface area contributed by atoms with E-state index in [-0.39, 0.29) is 0 Å². The van der Waals surface area contributed by atoms with E-state index in [1.165, 1.54) is 0 Å². The second kappa shape index (κ2) is 8.97. The number of hydrogen-bond acceptors (Lipinski definition) is 4. The summed E-state index contributed by atoms with van der Waals surface area (Å²) in [5.41, 5.74) is 2.71. The second-order valence-corrected chi connectivity index (χ2v) is 7.34. The van der Waals surface area contributed by atoms with Gasteiger partial charge in [-0.1, -0.05) is 41.4 Å². The molecule has 0 radical (unpaired) electrons. The molecule has 7 heteroatoms. The zero-order chi connectivity index (χ0) is 19.3. The van der Waals surface area contributed by atoms with Gasteiger partial charge in [-0.25, -0.2) is 4.68 Å². The molecule has 0 saturated carbocycles. The lowest BCUT2D eigenvalue weighted by atomic mass is 10.1. The predicted molar refractivity (Wildman–Crippen MR) is 112 cm³/mol. The van der Waals surface area contributed by atoms with Crippen LogP contribution in [0.25, 0.3) is 16.8 Å². The number of benzene rings is 2. The van der Waals surface area contributed by atoms with Gasteiger partial charge in [0.25, 0.3) is 0 Å². The lowest BCUT2D eigenvalue weighted by molar-refractivity contribution is 0.0318. The fraction of sp³-hybridized carbons (Fsp3) is 0.286. The van der Waals surface area contributed by atoms with Crippen molar-refractivity contribution in [3.05, 3.63) is 64.8 Å². The van der Waals surface area contributed by atoms with Crippen LogP contribution in [0, 0.1) is 0 Å². The van der Waals surface area contributed by atoms with Crippen LogP contribution in [-0.4, -0.2) is 54.1 Å². The highest BCUT2D eigenvalue weighted by Crippen LogP contribution is 2.35. The van der Waals surface area contributed by atoms with Crippen LogP contribution in [0.5, 0.6) is 5.88 Å². The first-order valence-electron chi connectivity index (χ1n) is 9.24. The Morgan fingerprint density at radius 2 is 1.68 bits per heavy atom. The Bertz CT molecular complexity index is 901. The number of morpholine rings is 1. The minimum Gasteiger partial charge on any atom is -0.476 e. The Morgan fingerprint density at radius 3 is 2.39 bits per heavy atom. The van der Waals surface area contributed by atoms with E-state index in [2.05, 4.69) is 10.00 Å². The fourth-order valence-electron chi connectivity index (χ4n) is 3.24. The molecule has 0 N–H and O–H groups in total. The molecule has 0 bridgehead atoms. The molecule has 1 aromatic heterocycles. The van der Waals surface area contributed by atoms with Crippen molar-refractivity contribution in [1.82, 2.24) is 14.7 Å². The molecule has 0 aliphatic carbocycles. The van der Waals surface area contributed by atoms with Gasteiger partial charge in [-0.3, -0.25) is 4.90 Å². The molecule has 1 aliphatic heterocycles. The molecule has 1 aliphatic rings. The fourth-order valence-corrected chi connectivity index (χ4v) is 3.86. The molecule has 1 fully saturated rings. The summed E-state index contributed by atoms with van der Waals surface area (Å²) in [7, 11) is 0. The molecule has 1 saturated heterocycles. The maximum atomic E-state index is 6.32. The van der Waals surface area contributed by atoms with Crippen LogP contribution in [0.3, 0.4) is 0 Å². The van der Waals surface area contributed by atoms with E-state index in [0.29, 0.717) is 16.7 Å². The van der Waals surface area contributed by atoms with E-state index in [0.717, 1.165) is 55.5 Å². The van der Waals surface area contributed by atoms with Crippen LogP contribution < -0.4 is 4.74 Å². The summed E-state index contributed by atoms with van der Waals surface area (Å²) in [4.78, 5) is 2.34. The van der Waals surface area contributed by atoms with Gasteiger partial charge in [0.2, 0.25) is 5.88 Å². The van der Waals surface area contributed by atoms with Gasteiger partial charge in [-0.15, -0.1) is 0 Å². The zero-order valence-corrected chi connectivity index (χ0v) is 16.9. The van der Waals surface area contributed by atoms with Crippen molar-refractivity contribution in [2.75, 3.05) is 39.5 Å². The van der Waals surface area contributed by atoms with Gasteiger partial charge < -0.3 is 9.47 Å². The number of ether oxygens (including phenoxy) is 2. The van der Waals surface area contributed by atoms with E-state index >= 15 is 0 Å². The highest BCUT2D eigenvalue weighted by Gasteiger charge is 2.12. The average Bonchev–Trinajstić information content (AvgIpc) is 3.18. The van der Waals surface area contributed by atoms with Crippen LogP contribution in [0.4, 0.5) is 0 Å². The van der Waals surface area contributed by atoms with Crippen molar-refractivity contribution in [2.24, 2.45) is 0 Å². The summed E-state index contributed by atoms with van der Waals surface area (Å²) >= 11 is 12.6. The van der Waals surface area contributed by atoms with Crippen molar-refractivity contribution in [3.8, 4) is 22.7 Å². The topological polar surface area (TPSA) is 39.5 Å². The summed E-state index contributed by atoms with van der Waals surface area (Å²) in [6.45, 7) is 4.97. The lowest BCUT2D eigenvalue weighted by Crippen LogP contribution is -2.38. The third-order valence-electron chi connectivity index (χ3n) is 4.73. The van der Waals surface area contributed by atoms with Crippen LogP contribution in [0.15, 0.2) is 54.7 Å². The molecule has 0 spiro atoms. The van der Waals surface area contributed by atoms with Gasteiger partial charge in [-0.2, -0.15) is 5.10 Å². The predicted octanol–water partition coefficient (Wildman–Crippen LogP) is 4.56. The summed E-state index contributed by atoms with van der Waals surface area (Å²) in [5, 5.41) is 5.66. The molecule has 0 unspecified atom stereocenters. The summed E-state index contributed by atoms with van der Waals surface area (Å²) in [6, 6.07) is 15.3. The smallest absolute Gasteiger partial charge is 0.216 e. The van der Waals surface area contributed by atoms with Gasteiger partial charge in [0.1, 0.15) is 6.61 Å². The minimum absolute atomic E-state index is 0.610. The third-order valence-corrected chi connectivity index (χ3v) is 5.36. The molecule has 2 heterocycles. The largest absolute Gasteiger partial charge is 0.476 e. The molecular formula is C21H21Cl2N3O2. The molecule has 28 heavy (non-hydrogen) atoms. The van der Waals surface area contributed by atoms with E-state index < -0.39 is 0 Å². The van der Waals surface area contributed by atoms with Gasteiger partial charge >= 0.3 is 0 Å². The second-order valence-electron chi connectivity index (χ2n) is 6.53. The Kier molecular flexibility index (Phi) is 6.17. The molecule has 5 nitrogen and oxygen atoms in total. The molecule has 0 atom stereocenters. The van der Waals surface area contributed by atoms with Crippen LogP contribution >= 0.6 is 23.2 Å². The molecule has 0 amide bonds. The van der Waals surface area contributed by atoms with Crippen molar-refractivity contribution in [1.29, 1.82) is 0 Å². The van der Waals surface area contributed by atoms with Crippen LogP contribution in [0.2, 0.25) is 10.0 Å². The quantitative estimate of drug-likeness (QED) is 0.589. The highest BCUT2D eigenvalue weighted by atomic mass is 35.5. The zero-order valence-electron chi connectivity index (χ0n) is 15.4. The van der Waals surface area contributed by atoms with Gasteiger partial charge in [0.05, 0.1) is 25.1 Å². The molecule has 146 valence electrons. The van der Waals surface area contributed by atoms with E-state index in [1.54, 1.807) is 10.9 Å². The van der Waals surface area contributed by atoms with Crippen molar-refractivity contribution in [3.63, 3.8) is 0 Å². The van der Waals surface area contributed by atoms with Gasteiger partial charge in [-0.05, 0) is 29.8 Å². The van der Waals surface area contributed by atoms with E-state index in [1.807, 2.05) is 48.5 Å². The Balaban J connectivity index is 1.46. The Morgan fingerprint density at radius 1 is 0.964 bits per heavy atom. The average molecular weight is 418 g/mol. The van der Waals surface area contributed by atoms with E-state index in [4.69, 9.17) is 32.7 Å². The third kappa shape index (κ3) is 4.33. The SMILES string of the molecule is Clc1cccc(Cl)c1-c1ccc(-n2nccc2OCCN2CCOCC2)cc1. The van der Waals surface area contributed by atoms with Gasteiger partial charge in [0.15, 0.2) is 0 Å². The standard InChI is InChI=1S/C21H21Cl2N3O2/c22-18-2-1-3-19(23)21(18)16-4-6-17(7-5-16)26-20(8-9-24-26)28-15-12-25-10-13-27-14-11-25/h1-9H,10-15H2. The minimum atomic E-state index is 0.610. The lowest BCUT2D eigenvalue weighted by Gasteiger charge is -2.26. The Hall–Kier alpha value is -2.05. The number of aromatic nitrogens is 2.